The number of carbonyl (C=O) groups excluding carboxylic acids is 3. The summed E-state index contributed by atoms with van der Waals surface area (Å²) in [7, 11) is 0. The van der Waals surface area contributed by atoms with Gasteiger partial charge >= 0.3 is 5.97 Å². The van der Waals surface area contributed by atoms with Crippen LogP contribution in [0.4, 0.5) is 5.69 Å². The van der Waals surface area contributed by atoms with Gasteiger partial charge in [0.1, 0.15) is 0 Å². The van der Waals surface area contributed by atoms with E-state index in [1.807, 2.05) is 0 Å². The molecule has 0 saturated carbocycles. The van der Waals surface area contributed by atoms with Crippen molar-refractivity contribution in [1.82, 2.24) is 0 Å². The number of esters is 1. The van der Waals surface area contributed by atoms with Gasteiger partial charge in [0.05, 0.1) is 17.2 Å². The number of ether oxygens (including phenoxy) is 1. The van der Waals surface area contributed by atoms with Gasteiger partial charge in [-0.25, -0.2) is 4.79 Å². The molecule has 3 aromatic rings. The van der Waals surface area contributed by atoms with Gasteiger partial charge in [0.25, 0.3) is 5.91 Å². The lowest BCUT2D eigenvalue weighted by atomic mass is 9.96. The molecule has 7 heteroatoms. The van der Waals surface area contributed by atoms with Crippen molar-refractivity contribution in [1.29, 1.82) is 5.26 Å². The number of benzene rings is 3. The van der Waals surface area contributed by atoms with Gasteiger partial charge in [-0.05, 0) is 42.0 Å². The summed E-state index contributed by atoms with van der Waals surface area (Å²) in [5.41, 5.74) is 7.74. The maximum atomic E-state index is 12.6. The number of anilines is 1. The number of nitrogens with zero attached hydrogens (tertiary/aromatic N) is 1. The lowest BCUT2D eigenvalue weighted by molar-refractivity contribution is -0.119. The normalized spacial score (nSPS) is 9.97. The first kappa shape index (κ1) is 20.3. The van der Waals surface area contributed by atoms with E-state index in [0.717, 1.165) is 0 Å². The third-order valence-corrected chi connectivity index (χ3v) is 4.27. The first-order valence-electron chi connectivity index (χ1n) is 8.95. The van der Waals surface area contributed by atoms with Gasteiger partial charge < -0.3 is 15.8 Å². The van der Waals surface area contributed by atoms with Crippen molar-refractivity contribution < 1.29 is 19.1 Å². The molecule has 0 aromatic heterocycles. The standard InChI is InChI=1S/C23H17N3O4/c24-13-16-5-1-2-6-18(16)19-7-3-4-8-20(19)23(29)30-14-21(27)26-17-11-9-15(10-12-17)22(25)28/h1-12H,14H2,(H2,25,28)(H,26,27). The summed E-state index contributed by atoms with van der Waals surface area (Å²) in [6, 6.07) is 21.7. The minimum Gasteiger partial charge on any atom is -0.452 e. The van der Waals surface area contributed by atoms with Crippen LogP contribution < -0.4 is 11.1 Å². The van der Waals surface area contributed by atoms with Crippen LogP contribution in [0.5, 0.6) is 0 Å². The van der Waals surface area contributed by atoms with Crippen molar-refractivity contribution in [2.75, 3.05) is 11.9 Å². The lowest BCUT2D eigenvalue weighted by Gasteiger charge is -2.11. The average molecular weight is 399 g/mol. The van der Waals surface area contributed by atoms with E-state index in [1.165, 1.54) is 24.3 Å². The summed E-state index contributed by atoms with van der Waals surface area (Å²) >= 11 is 0. The highest BCUT2D eigenvalue weighted by atomic mass is 16.5. The number of carbonyl (C=O) groups is 3. The van der Waals surface area contributed by atoms with Crippen molar-refractivity contribution >= 4 is 23.5 Å². The largest absolute Gasteiger partial charge is 0.452 e. The van der Waals surface area contributed by atoms with Crippen molar-refractivity contribution in [2.24, 2.45) is 5.73 Å². The SMILES string of the molecule is N#Cc1ccccc1-c1ccccc1C(=O)OCC(=O)Nc1ccc(C(N)=O)cc1. The Morgan fingerprint density at radius 2 is 1.53 bits per heavy atom. The van der Waals surface area contributed by atoms with Crippen LogP contribution in [0.25, 0.3) is 11.1 Å². The first-order chi connectivity index (χ1) is 14.5. The Balaban J connectivity index is 1.69. The highest BCUT2D eigenvalue weighted by molar-refractivity contribution is 6.00. The maximum Gasteiger partial charge on any atom is 0.339 e. The summed E-state index contributed by atoms with van der Waals surface area (Å²) in [5.74, 6) is -1.79. The van der Waals surface area contributed by atoms with E-state index in [2.05, 4.69) is 11.4 Å². The molecule has 148 valence electrons. The number of hydrogen-bond acceptors (Lipinski definition) is 5. The molecule has 0 unspecified atom stereocenters. The van der Waals surface area contributed by atoms with Crippen molar-refractivity contribution in [3.63, 3.8) is 0 Å². The predicted molar refractivity (Wildman–Crippen MR) is 110 cm³/mol. The van der Waals surface area contributed by atoms with E-state index in [1.54, 1.807) is 48.5 Å². The van der Waals surface area contributed by atoms with Crippen LogP contribution in [0, 0.1) is 11.3 Å². The molecule has 0 aliphatic carbocycles. The molecule has 0 heterocycles. The van der Waals surface area contributed by atoms with Crippen LogP contribution in [-0.2, 0) is 9.53 Å². The molecule has 0 aliphatic rings. The Labute approximate surface area is 172 Å². The Kier molecular flexibility index (Phi) is 6.20. The fourth-order valence-electron chi connectivity index (χ4n) is 2.84. The van der Waals surface area contributed by atoms with Gasteiger partial charge in [-0.3, -0.25) is 9.59 Å². The van der Waals surface area contributed by atoms with Gasteiger partial charge in [-0.2, -0.15) is 5.26 Å². The van der Waals surface area contributed by atoms with Crippen LogP contribution >= 0.6 is 0 Å². The number of hydrogen-bond donors (Lipinski definition) is 2. The topological polar surface area (TPSA) is 122 Å². The number of primary amides is 1. The van der Waals surface area contributed by atoms with E-state index in [-0.39, 0.29) is 5.56 Å². The van der Waals surface area contributed by atoms with E-state index >= 15 is 0 Å². The molecular formula is C23H17N3O4. The minimum atomic E-state index is -0.683. The molecule has 30 heavy (non-hydrogen) atoms. The summed E-state index contributed by atoms with van der Waals surface area (Å²) in [5, 5.41) is 11.9. The van der Waals surface area contributed by atoms with Crippen LogP contribution in [0.1, 0.15) is 26.3 Å². The maximum absolute atomic E-state index is 12.6. The zero-order valence-electron chi connectivity index (χ0n) is 15.8. The summed E-state index contributed by atoms with van der Waals surface area (Å²) in [6.07, 6.45) is 0. The van der Waals surface area contributed by atoms with Gasteiger partial charge in [-0.1, -0.05) is 36.4 Å². The fraction of sp³-hybridized carbons (Fsp3) is 0.0435. The predicted octanol–water partition coefficient (Wildman–Crippen LogP) is 3.12. The van der Waals surface area contributed by atoms with Crippen molar-refractivity contribution in [3.05, 3.63) is 89.5 Å². The monoisotopic (exact) mass is 399 g/mol. The number of nitrogens with two attached hydrogens (primary N) is 1. The van der Waals surface area contributed by atoms with Crippen LogP contribution in [0.2, 0.25) is 0 Å². The molecule has 0 spiro atoms. The average Bonchev–Trinajstić information content (AvgIpc) is 2.77. The number of amides is 2. The number of rotatable bonds is 6. The first-order valence-corrected chi connectivity index (χ1v) is 8.95. The molecule has 0 radical (unpaired) electrons. The van der Waals surface area contributed by atoms with Crippen LogP contribution in [0.3, 0.4) is 0 Å². The second kappa shape index (κ2) is 9.17. The van der Waals surface area contributed by atoms with Gasteiger partial charge in [-0.15, -0.1) is 0 Å². The fourth-order valence-corrected chi connectivity index (χ4v) is 2.84. The molecule has 0 saturated heterocycles. The quantitative estimate of drug-likeness (QED) is 0.617. The Bertz CT molecular complexity index is 1150. The Hall–Kier alpha value is -4.44. The smallest absolute Gasteiger partial charge is 0.339 e. The second-order valence-electron chi connectivity index (χ2n) is 6.27. The van der Waals surface area contributed by atoms with Gasteiger partial charge in [0.15, 0.2) is 6.61 Å². The molecule has 3 aromatic carbocycles. The second-order valence-corrected chi connectivity index (χ2v) is 6.27. The Morgan fingerprint density at radius 3 is 2.20 bits per heavy atom. The van der Waals surface area contributed by atoms with Crippen LogP contribution in [-0.4, -0.2) is 24.4 Å². The summed E-state index contributed by atoms with van der Waals surface area (Å²) < 4.78 is 5.15. The summed E-state index contributed by atoms with van der Waals surface area (Å²) in [6.45, 7) is -0.495. The zero-order chi connectivity index (χ0) is 21.5. The van der Waals surface area contributed by atoms with Gasteiger partial charge in [0, 0.05) is 16.8 Å². The molecule has 0 aliphatic heterocycles. The molecular weight excluding hydrogens is 382 g/mol. The molecule has 7 nitrogen and oxygen atoms in total. The molecule has 3 rings (SSSR count). The van der Waals surface area contributed by atoms with E-state index < -0.39 is 24.4 Å². The Morgan fingerprint density at radius 1 is 0.900 bits per heavy atom. The molecule has 0 fully saturated rings. The van der Waals surface area contributed by atoms with E-state index in [4.69, 9.17) is 10.5 Å². The lowest BCUT2D eigenvalue weighted by Crippen LogP contribution is -2.21. The highest BCUT2D eigenvalue weighted by Crippen LogP contribution is 2.27. The number of nitriles is 1. The number of nitrogens with one attached hydrogen (secondary N) is 1. The molecule has 0 bridgehead atoms. The van der Waals surface area contributed by atoms with E-state index in [9.17, 15) is 19.6 Å². The highest BCUT2D eigenvalue weighted by Gasteiger charge is 2.17. The van der Waals surface area contributed by atoms with Crippen molar-refractivity contribution in [3.8, 4) is 17.2 Å². The third-order valence-electron chi connectivity index (χ3n) is 4.27. The zero-order valence-corrected chi connectivity index (χ0v) is 15.8. The van der Waals surface area contributed by atoms with Crippen molar-refractivity contribution in [2.45, 2.75) is 0 Å². The third kappa shape index (κ3) is 4.69. The summed E-state index contributed by atoms with van der Waals surface area (Å²) in [4.78, 5) is 35.8. The minimum absolute atomic E-state index is 0.249. The van der Waals surface area contributed by atoms with E-state index in [0.29, 0.717) is 27.9 Å². The molecule has 0 atom stereocenters. The van der Waals surface area contributed by atoms with Crippen LogP contribution in [0.15, 0.2) is 72.8 Å². The molecule has 2 amide bonds. The van der Waals surface area contributed by atoms with Gasteiger partial charge in [0.2, 0.25) is 5.91 Å². The molecule has 3 N–H and O–H groups in total.